The summed E-state index contributed by atoms with van der Waals surface area (Å²) in [4.78, 5) is 4.45. The molecule has 18 heavy (non-hydrogen) atoms. The molecule has 0 radical (unpaired) electrons. The Morgan fingerprint density at radius 3 is 2.89 bits per heavy atom. The third-order valence-electron chi connectivity index (χ3n) is 2.48. The fourth-order valence-corrected chi connectivity index (χ4v) is 1.75. The van der Waals surface area contributed by atoms with Gasteiger partial charge in [-0.15, -0.1) is 5.10 Å². The van der Waals surface area contributed by atoms with E-state index in [0.29, 0.717) is 13.1 Å². The summed E-state index contributed by atoms with van der Waals surface area (Å²) in [6, 6.07) is 3.81. The van der Waals surface area contributed by atoms with Crippen molar-refractivity contribution in [2.24, 2.45) is 0 Å². The number of nitrogens with zero attached hydrogens (tertiary/aromatic N) is 4. The van der Waals surface area contributed by atoms with E-state index in [4.69, 9.17) is 4.74 Å². The Balaban J connectivity index is 2.14. The van der Waals surface area contributed by atoms with Gasteiger partial charge in [-0.3, -0.25) is 4.98 Å². The highest BCUT2D eigenvalue weighted by molar-refractivity contribution is 5.26. The highest BCUT2D eigenvalue weighted by Gasteiger charge is 2.04. The number of hydrogen-bond donors (Lipinski definition) is 1. The second-order valence-corrected chi connectivity index (χ2v) is 4.08. The van der Waals surface area contributed by atoms with Crippen LogP contribution in [0.5, 0.6) is 5.75 Å². The van der Waals surface area contributed by atoms with Gasteiger partial charge in [0, 0.05) is 24.4 Å². The minimum atomic E-state index is 0.592. The van der Waals surface area contributed by atoms with E-state index in [-0.39, 0.29) is 0 Å². The SMILES string of the molecule is CNCc1cn(Cc2cc(OC)cc(C)n2)nn1. The fraction of sp³-hybridized carbons (Fsp3) is 0.417. The van der Waals surface area contributed by atoms with Gasteiger partial charge in [0.1, 0.15) is 5.75 Å². The van der Waals surface area contributed by atoms with E-state index >= 15 is 0 Å². The molecule has 0 aromatic carbocycles. The minimum absolute atomic E-state index is 0.592. The van der Waals surface area contributed by atoms with E-state index in [9.17, 15) is 0 Å². The van der Waals surface area contributed by atoms with E-state index < -0.39 is 0 Å². The summed E-state index contributed by atoms with van der Waals surface area (Å²) in [5.41, 5.74) is 2.75. The van der Waals surface area contributed by atoms with Crippen LogP contribution in [0.3, 0.4) is 0 Å². The van der Waals surface area contributed by atoms with Crippen LogP contribution < -0.4 is 10.1 Å². The Morgan fingerprint density at radius 1 is 1.33 bits per heavy atom. The molecular formula is C12H17N5O. The zero-order valence-electron chi connectivity index (χ0n) is 10.8. The topological polar surface area (TPSA) is 64.9 Å². The van der Waals surface area contributed by atoms with Crippen LogP contribution in [0.2, 0.25) is 0 Å². The van der Waals surface area contributed by atoms with Crippen molar-refractivity contribution in [2.45, 2.75) is 20.0 Å². The number of methoxy groups -OCH3 is 1. The van der Waals surface area contributed by atoms with Crippen LogP contribution in [0.4, 0.5) is 0 Å². The second kappa shape index (κ2) is 5.59. The number of nitrogens with one attached hydrogen (secondary N) is 1. The van der Waals surface area contributed by atoms with E-state index in [0.717, 1.165) is 22.8 Å². The molecule has 0 amide bonds. The molecule has 6 nitrogen and oxygen atoms in total. The number of rotatable bonds is 5. The molecule has 0 aliphatic rings. The Morgan fingerprint density at radius 2 is 2.17 bits per heavy atom. The molecule has 2 aromatic rings. The van der Waals surface area contributed by atoms with Gasteiger partial charge >= 0.3 is 0 Å². The number of hydrogen-bond acceptors (Lipinski definition) is 5. The van der Waals surface area contributed by atoms with Crippen molar-refractivity contribution in [3.05, 3.63) is 35.4 Å². The predicted octanol–water partition coefficient (Wildman–Crippen LogP) is 0.758. The molecule has 2 heterocycles. The minimum Gasteiger partial charge on any atom is -0.497 e. The fourth-order valence-electron chi connectivity index (χ4n) is 1.75. The molecule has 96 valence electrons. The first-order chi connectivity index (χ1) is 8.71. The van der Waals surface area contributed by atoms with Gasteiger partial charge in [0.05, 0.1) is 31.2 Å². The monoisotopic (exact) mass is 247 g/mol. The van der Waals surface area contributed by atoms with Crippen LogP contribution in [0, 0.1) is 6.92 Å². The summed E-state index contributed by atoms with van der Waals surface area (Å²) in [7, 11) is 3.53. The summed E-state index contributed by atoms with van der Waals surface area (Å²) < 4.78 is 6.99. The van der Waals surface area contributed by atoms with E-state index in [1.165, 1.54) is 0 Å². The van der Waals surface area contributed by atoms with Crippen molar-refractivity contribution in [3.8, 4) is 5.75 Å². The summed E-state index contributed by atoms with van der Waals surface area (Å²) in [5, 5.41) is 11.2. The second-order valence-electron chi connectivity index (χ2n) is 4.08. The molecule has 2 aromatic heterocycles. The van der Waals surface area contributed by atoms with Gasteiger partial charge in [-0.25, -0.2) is 4.68 Å². The van der Waals surface area contributed by atoms with Crippen molar-refractivity contribution in [1.29, 1.82) is 0 Å². The van der Waals surface area contributed by atoms with Gasteiger partial charge in [-0.2, -0.15) is 0 Å². The van der Waals surface area contributed by atoms with Crippen molar-refractivity contribution >= 4 is 0 Å². The molecule has 2 rings (SSSR count). The highest BCUT2D eigenvalue weighted by atomic mass is 16.5. The van der Waals surface area contributed by atoms with Crippen LogP contribution in [-0.4, -0.2) is 34.1 Å². The number of ether oxygens (including phenoxy) is 1. The van der Waals surface area contributed by atoms with E-state index in [1.54, 1.807) is 11.8 Å². The molecule has 0 saturated heterocycles. The Hall–Kier alpha value is -1.95. The lowest BCUT2D eigenvalue weighted by Crippen LogP contribution is -2.05. The van der Waals surface area contributed by atoms with Gasteiger partial charge in [0.15, 0.2) is 0 Å². The first-order valence-corrected chi connectivity index (χ1v) is 5.76. The van der Waals surface area contributed by atoms with Gasteiger partial charge < -0.3 is 10.1 Å². The molecule has 0 bridgehead atoms. The third-order valence-corrected chi connectivity index (χ3v) is 2.48. The Bertz CT molecular complexity index is 523. The zero-order valence-corrected chi connectivity index (χ0v) is 10.8. The molecule has 1 N–H and O–H groups in total. The third kappa shape index (κ3) is 3.04. The lowest BCUT2D eigenvalue weighted by molar-refractivity contribution is 0.412. The molecule has 0 spiro atoms. The van der Waals surface area contributed by atoms with E-state index in [2.05, 4.69) is 20.6 Å². The average Bonchev–Trinajstić information content (AvgIpc) is 2.76. The molecule has 6 heteroatoms. The van der Waals surface area contributed by atoms with Gasteiger partial charge in [-0.05, 0) is 14.0 Å². The van der Waals surface area contributed by atoms with Crippen LogP contribution >= 0.6 is 0 Å². The van der Waals surface area contributed by atoms with Gasteiger partial charge in [0.25, 0.3) is 0 Å². The molecule has 0 atom stereocenters. The molecule has 0 fully saturated rings. The maximum Gasteiger partial charge on any atom is 0.122 e. The number of aryl methyl sites for hydroxylation is 1. The summed E-state index contributed by atoms with van der Waals surface area (Å²) in [6.45, 7) is 3.25. The standard InChI is InChI=1S/C12H17N5O/c1-9-4-12(18-3)5-10(14-9)7-17-8-11(6-13-2)15-16-17/h4-5,8,13H,6-7H2,1-3H3. The zero-order chi connectivity index (χ0) is 13.0. The molecule has 0 aliphatic heterocycles. The molecular weight excluding hydrogens is 230 g/mol. The molecule has 0 unspecified atom stereocenters. The van der Waals surface area contributed by atoms with Crippen molar-refractivity contribution in [2.75, 3.05) is 14.2 Å². The number of aromatic nitrogens is 4. The van der Waals surface area contributed by atoms with Gasteiger partial charge in [-0.1, -0.05) is 5.21 Å². The van der Waals surface area contributed by atoms with Gasteiger partial charge in [0.2, 0.25) is 0 Å². The summed E-state index contributed by atoms with van der Waals surface area (Å²) in [5.74, 6) is 0.813. The van der Waals surface area contributed by atoms with Crippen LogP contribution in [-0.2, 0) is 13.1 Å². The van der Waals surface area contributed by atoms with Crippen molar-refractivity contribution in [1.82, 2.24) is 25.3 Å². The lowest BCUT2D eigenvalue weighted by Gasteiger charge is -2.05. The molecule has 0 aliphatic carbocycles. The normalized spacial score (nSPS) is 10.6. The highest BCUT2D eigenvalue weighted by Crippen LogP contribution is 2.13. The lowest BCUT2D eigenvalue weighted by atomic mass is 10.3. The average molecular weight is 247 g/mol. The first kappa shape index (κ1) is 12.5. The van der Waals surface area contributed by atoms with Crippen LogP contribution in [0.1, 0.15) is 17.1 Å². The first-order valence-electron chi connectivity index (χ1n) is 5.76. The summed E-state index contributed by atoms with van der Waals surface area (Å²) >= 11 is 0. The maximum atomic E-state index is 5.22. The maximum absolute atomic E-state index is 5.22. The molecule has 0 saturated carbocycles. The van der Waals surface area contributed by atoms with Crippen molar-refractivity contribution in [3.63, 3.8) is 0 Å². The van der Waals surface area contributed by atoms with Crippen molar-refractivity contribution < 1.29 is 4.74 Å². The smallest absolute Gasteiger partial charge is 0.122 e. The van der Waals surface area contributed by atoms with Crippen LogP contribution in [0.25, 0.3) is 0 Å². The quantitative estimate of drug-likeness (QED) is 0.845. The van der Waals surface area contributed by atoms with Crippen LogP contribution in [0.15, 0.2) is 18.3 Å². The largest absolute Gasteiger partial charge is 0.497 e. The number of pyridine rings is 1. The Labute approximate surface area is 106 Å². The van der Waals surface area contributed by atoms with E-state index in [1.807, 2.05) is 32.3 Å². The Kier molecular flexibility index (Phi) is 3.88. The predicted molar refractivity (Wildman–Crippen MR) is 67.4 cm³/mol. The summed E-state index contributed by atoms with van der Waals surface area (Å²) in [6.07, 6.45) is 1.91.